The highest BCUT2D eigenvalue weighted by Crippen LogP contribution is 2.29. The standard InChI is InChI=1S/C30H24BrCl2N3O2/c1-30(2,3)29-35-26-12-10-20(31)14-23(26)28(37)36(29)34-16-24-22-7-5-4-6-18(22)9-13-27(24)38-17-19-8-11-21(32)15-25(19)33/h4-16H,17H2,1-3H3. The van der Waals surface area contributed by atoms with E-state index in [9.17, 15) is 4.79 Å². The van der Waals surface area contributed by atoms with Gasteiger partial charge in [-0.3, -0.25) is 4.79 Å². The van der Waals surface area contributed by atoms with Crippen molar-refractivity contribution in [1.82, 2.24) is 9.66 Å². The number of rotatable bonds is 5. The van der Waals surface area contributed by atoms with Crippen LogP contribution in [0.15, 0.2) is 87.2 Å². The molecule has 1 aromatic heterocycles. The molecule has 0 N–H and O–H groups in total. The van der Waals surface area contributed by atoms with Crippen molar-refractivity contribution in [3.63, 3.8) is 0 Å². The monoisotopic (exact) mass is 607 g/mol. The first-order valence-electron chi connectivity index (χ1n) is 12.0. The van der Waals surface area contributed by atoms with Gasteiger partial charge < -0.3 is 4.74 Å². The second-order valence-corrected chi connectivity index (χ2v) is 11.7. The zero-order chi connectivity index (χ0) is 27.0. The van der Waals surface area contributed by atoms with E-state index in [4.69, 9.17) is 38.0 Å². The summed E-state index contributed by atoms with van der Waals surface area (Å²) in [6, 6.07) is 22.6. The molecule has 0 amide bonds. The predicted octanol–water partition coefficient (Wildman–Crippen LogP) is 8.38. The minimum atomic E-state index is -0.429. The Morgan fingerprint density at radius 2 is 1.79 bits per heavy atom. The molecule has 5 rings (SSSR count). The van der Waals surface area contributed by atoms with Gasteiger partial charge in [-0.1, -0.05) is 96.3 Å². The van der Waals surface area contributed by atoms with Crippen LogP contribution in [0.5, 0.6) is 5.75 Å². The van der Waals surface area contributed by atoms with Gasteiger partial charge in [0.15, 0.2) is 0 Å². The summed E-state index contributed by atoms with van der Waals surface area (Å²) in [5, 5.41) is 8.24. The maximum absolute atomic E-state index is 13.6. The molecule has 0 atom stereocenters. The fourth-order valence-electron chi connectivity index (χ4n) is 4.19. The topological polar surface area (TPSA) is 56.5 Å². The molecule has 4 aromatic carbocycles. The molecule has 5 aromatic rings. The molecule has 0 aliphatic heterocycles. The van der Waals surface area contributed by atoms with Crippen molar-refractivity contribution in [3.8, 4) is 5.75 Å². The van der Waals surface area contributed by atoms with Gasteiger partial charge in [0.2, 0.25) is 0 Å². The summed E-state index contributed by atoms with van der Waals surface area (Å²) < 4.78 is 8.41. The lowest BCUT2D eigenvalue weighted by Gasteiger charge is -2.21. The molecule has 0 spiro atoms. The van der Waals surface area contributed by atoms with Crippen molar-refractivity contribution in [2.45, 2.75) is 32.8 Å². The second kappa shape index (κ2) is 10.5. The van der Waals surface area contributed by atoms with Crippen molar-refractivity contribution in [1.29, 1.82) is 0 Å². The Kier molecular flexibility index (Phi) is 7.32. The van der Waals surface area contributed by atoms with E-state index < -0.39 is 5.41 Å². The molecule has 38 heavy (non-hydrogen) atoms. The van der Waals surface area contributed by atoms with E-state index in [1.54, 1.807) is 24.4 Å². The Morgan fingerprint density at radius 1 is 1.00 bits per heavy atom. The Labute approximate surface area is 238 Å². The molecule has 8 heteroatoms. The molecular formula is C30H24BrCl2N3O2. The van der Waals surface area contributed by atoms with E-state index in [0.29, 0.717) is 32.5 Å². The minimum absolute atomic E-state index is 0.242. The van der Waals surface area contributed by atoms with E-state index in [2.05, 4.69) is 15.9 Å². The van der Waals surface area contributed by atoms with Gasteiger partial charge in [0.05, 0.1) is 17.1 Å². The van der Waals surface area contributed by atoms with Crippen molar-refractivity contribution in [2.24, 2.45) is 5.10 Å². The third-order valence-electron chi connectivity index (χ3n) is 6.11. The van der Waals surface area contributed by atoms with Crippen LogP contribution in [0.25, 0.3) is 21.7 Å². The van der Waals surface area contributed by atoms with E-state index in [0.717, 1.165) is 26.4 Å². The van der Waals surface area contributed by atoms with Crippen LogP contribution < -0.4 is 10.3 Å². The average molecular weight is 609 g/mol. The zero-order valence-electron chi connectivity index (χ0n) is 21.0. The highest BCUT2D eigenvalue weighted by atomic mass is 79.9. The average Bonchev–Trinajstić information content (AvgIpc) is 2.87. The third kappa shape index (κ3) is 5.35. The largest absolute Gasteiger partial charge is 0.488 e. The molecule has 192 valence electrons. The fraction of sp³-hybridized carbons (Fsp3) is 0.167. The summed E-state index contributed by atoms with van der Waals surface area (Å²) in [4.78, 5) is 18.4. The maximum Gasteiger partial charge on any atom is 0.282 e. The molecule has 0 bridgehead atoms. The molecule has 0 saturated heterocycles. The first-order valence-corrected chi connectivity index (χ1v) is 13.5. The maximum atomic E-state index is 13.6. The normalized spacial score (nSPS) is 12.1. The van der Waals surface area contributed by atoms with Gasteiger partial charge in [0.1, 0.15) is 18.2 Å². The molecule has 0 radical (unpaired) electrons. The third-order valence-corrected chi connectivity index (χ3v) is 7.19. The van der Waals surface area contributed by atoms with Crippen LogP contribution in [-0.2, 0) is 12.0 Å². The van der Waals surface area contributed by atoms with Crippen LogP contribution in [-0.4, -0.2) is 15.9 Å². The number of halogens is 3. The van der Waals surface area contributed by atoms with Crippen LogP contribution in [0.1, 0.15) is 37.7 Å². The van der Waals surface area contributed by atoms with Gasteiger partial charge in [-0.15, -0.1) is 0 Å². The summed E-state index contributed by atoms with van der Waals surface area (Å²) >= 11 is 15.9. The van der Waals surface area contributed by atoms with Crippen LogP contribution in [0.3, 0.4) is 0 Å². The van der Waals surface area contributed by atoms with Crippen molar-refractivity contribution < 1.29 is 4.74 Å². The quantitative estimate of drug-likeness (QED) is 0.188. The summed E-state index contributed by atoms with van der Waals surface area (Å²) in [6.45, 7) is 6.27. The molecule has 0 aliphatic rings. The fourth-order valence-corrected chi connectivity index (χ4v) is 5.01. The SMILES string of the molecule is CC(C)(C)c1nc2ccc(Br)cc2c(=O)n1N=Cc1c(OCc2ccc(Cl)cc2Cl)ccc2ccccc12. The molecular weight excluding hydrogens is 585 g/mol. The summed E-state index contributed by atoms with van der Waals surface area (Å²) in [5.74, 6) is 1.17. The van der Waals surface area contributed by atoms with E-state index in [-0.39, 0.29) is 12.2 Å². The van der Waals surface area contributed by atoms with Crippen molar-refractivity contribution in [2.75, 3.05) is 0 Å². The predicted molar refractivity (Wildman–Crippen MR) is 160 cm³/mol. The highest BCUT2D eigenvalue weighted by Gasteiger charge is 2.23. The number of hydrogen-bond acceptors (Lipinski definition) is 4. The molecule has 5 nitrogen and oxygen atoms in total. The molecule has 1 heterocycles. The van der Waals surface area contributed by atoms with Crippen molar-refractivity contribution in [3.05, 3.63) is 115 Å². The summed E-state index contributed by atoms with van der Waals surface area (Å²) in [7, 11) is 0. The molecule has 0 aliphatic carbocycles. The first kappa shape index (κ1) is 26.4. The first-order chi connectivity index (χ1) is 18.1. The van der Waals surface area contributed by atoms with Gasteiger partial charge in [-0.2, -0.15) is 9.78 Å². The zero-order valence-corrected chi connectivity index (χ0v) is 24.1. The summed E-state index contributed by atoms with van der Waals surface area (Å²) in [6.07, 6.45) is 1.67. The highest BCUT2D eigenvalue weighted by molar-refractivity contribution is 9.10. The second-order valence-electron chi connectivity index (χ2n) is 9.93. The number of aromatic nitrogens is 2. The van der Waals surface area contributed by atoms with E-state index in [1.165, 1.54) is 4.68 Å². The Bertz CT molecular complexity index is 1770. The van der Waals surface area contributed by atoms with E-state index >= 15 is 0 Å². The summed E-state index contributed by atoms with van der Waals surface area (Å²) in [5.41, 5.74) is 1.51. The number of benzene rings is 4. The number of fused-ring (bicyclic) bond motifs is 2. The smallest absolute Gasteiger partial charge is 0.282 e. The number of ether oxygens (including phenoxy) is 1. The van der Waals surface area contributed by atoms with Gasteiger partial charge in [-0.05, 0) is 47.2 Å². The van der Waals surface area contributed by atoms with Gasteiger partial charge >= 0.3 is 0 Å². The van der Waals surface area contributed by atoms with Crippen molar-refractivity contribution >= 4 is 67.0 Å². The van der Waals surface area contributed by atoms with Gasteiger partial charge in [0, 0.05) is 31.1 Å². The lowest BCUT2D eigenvalue weighted by Crippen LogP contribution is -2.29. The Balaban J connectivity index is 1.64. The van der Waals surface area contributed by atoms with Crippen LogP contribution in [0.2, 0.25) is 10.0 Å². The van der Waals surface area contributed by atoms with Gasteiger partial charge in [-0.25, -0.2) is 4.98 Å². The van der Waals surface area contributed by atoms with Gasteiger partial charge in [0.25, 0.3) is 5.56 Å². The lowest BCUT2D eigenvalue weighted by atomic mass is 9.95. The van der Waals surface area contributed by atoms with Crippen LogP contribution in [0, 0.1) is 0 Å². The number of hydrogen-bond donors (Lipinski definition) is 0. The Morgan fingerprint density at radius 3 is 2.55 bits per heavy atom. The van der Waals surface area contributed by atoms with Crippen LogP contribution >= 0.6 is 39.1 Å². The lowest BCUT2D eigenvalue weighted by molar-refractivity contribution is 0.306. The Hall–Kier alpha value is -3.19. The van der Waals surface area contributed by atoms with Crippen LogP contribution in [0.4, 0.5) is 0 Å². The number of nitrogens with zero attached hydrogens (tertiary/aromatic N) is 3. The minimum Gasteiger partial charge on any atom is -0.488 e. The molecule has 0 saturated carbocycles. The molecule has 0 unspecified atom stereocenters. The van der Waals surface area contributed by atoms with E-state index in [1.807, 2.05) is 75.4 Å². The molecule has 0 fully saturated rings.